The topological polar surface area (TPSA) is 52.0 Å². The van der Waals surface area contributed by atoms with E-state index in [-0.39, 0.29) is 18.2 Å². The first-order chi connectivity index (χ1) is 10.1. The van der Waals surface area contributed by atoms with Crippen LogP contribution in [-0.2, 0) is 19.3 Å². The average Bonchev–Trinajstić information content (AvgIpc) is 2.79. The van der Waals surface area contributed by atoms with Crippen molar-refractivity contribution < 1.29 is 13.5 Å². The van der Waals surface area contributed by atoms with Gasteiger partial charge >= 0.3 is 6.61 Å². The zero-order valence-corrected chi connectivity index (χ0v) is 13.8. The molecule has 1 N–H and O–H groups in total. The molecule has 1 aromatic heterocycles. The third kappa shape index (κ3) is 4.82. The van der Waals surface area contributed by atoms with E-state index in [9.17, 15) is 8.78 Å². The number of nitrogens with zero attached hydrogens (tertiary/aromatic N) is 3. The highest BCUT2D eigenvalue weighted by molar-refractivity contribution is 7.98. The molecule has 0 amide bonds. The predicted octanol–water partition coefficient (Wildman–Crippen LogP) is 2.85. The maximum absolute atomic E-state index is 12.4. The van der Waals surface area contributed by atoms with E-state index >= 15 is 0 Å². The lowest BCUT2D eigenvalue weighted by Crippen LogP contribution is -2.10. The number of benzene rings is 1. The van der Waals surface area contributed by atoms with Gasteiger partial charge in [0.2, 0.25) is 0 Å². The maximum atomic E-state index is 12.4. The van der Waals surface area contributed by atoms with E-state index in [1.165, 1.54) is 17.8 Å². The third-order valence-corrected chi connectivity index (χ3v) is 3.87. The van der Waals surface area contributed by atoms with Crippen molar-refractivity contribution in [3.05, 3.63) is 35.7 Å². The van der Waals surface area contributed by atoms with Gasteiger partial charge in [-0.1, -0.05) is 30.0 Å². The van der Waals surface area contributed by atoms with Crippen molar-refractivity contribution in [2.24, 2.45) is 7.05 Å². The Morgan fingerprint density at radius 3 is 2.73 bits per heavy atom. The molecule has 0 radical (unpaired) electrons. The first kappa shape index (κ1) is 18.7. The Bertz CT molecular complexity index is 597. The van der Waals surface area contributed by atoms with Crippen LogP contribution in [0, 0.1) is 0 Å². The Balaban J connectivity index is 0.00000242. The highest BCUT2D eigenvalue weighted by Gasteiger charge is 2.12. The molecule has 0 unspecified atom stereocenters. The third-order valence-electron chi connectivity index (χ3n) is 2.81. The minimum absolute atomic E-state index is 0. The lowest BCUT2D eigenvalue weighted by molar-refractivity contribution is -0.0503. The summed E-state index contributed by atoms with van der Waals surface area (Å²) in [5, 5.41) is 11.9. The molecule has 0 bridgehead atoms. The van der Waals surface area contributed by atoms with Crippen molar-refractivity contribution in [1.82, 2.24) is 20.1 Å². The molecule has 0 saturated heterocycles. The monoisotopic (exact) mass is 350 g/mol. The number of hydrogen-bond donors (Lipinski definition) is 1. The molecule has 0 aliphatic rings. The van der Waals surface area contributed by atoms with Crippen molar-refractivity contribution in [2.45, 2.75) is 24.1 Å². The van der Waals surface area contributed by atoms with E-state index < -0.39 is 6.61 Å². The molecular formula is C13H17ClF2N4OS. The predicted molar refractivity (Wildman–Crippen MR) is 83.6 cm³/mol. The number of rotatable bonds is 7. The average molecular weight is 351 g/mol. The smallest absolute Gasteiger partial charge is 0.387 e. The largest absolute Gasteiger partial charge is 0.435 e. The fraction of sp³-hybridized carbons (Fsp3) is 0.385. The zero-order valence-electron chi connectivity index (χ0n) is 12.1. The van der Waals surface area contributed by atoms with Gasteiger partial charge in [-0.2, -0.15) is 8.78 Å². The summed E-state index contributed by atoms with van der Waals surface area (Å²) in [7, 11) is 3.70. The molecule has 1 aromatic carbocycles. The van der Waals surface area contributed by atoms with E-state index in [0.29, 0.717) is 17.9 Å². The first-order valence-corrected chi connectivity index (χ1v) is 7.28. The normalized spacial score (nSPS) is 10.6. The number of para-hydroxylation sites is 1. The van der Waals surface area contributed by atoms with E-state index in [0.717, 1.165) is 11.0 Å². The molecule has 122 valence electrons. The molecule has 22 heavy (non-hydrogen) atoms. The second kappa shape index (κ2) is 8.92. The van der Waals surface area contributed by atoms with Crippen LogP contribution in [0.5, 0.6) is 5.75 Å². The van der Waals surface area contributed by atoms with Gasteiger partial charge in [-0.25, -0.2) is 0 Å². The Morgan fingerprint density at radius 1 is 1.32 bits per heavy atom. The molecule has 0 aliphatic heterocycles. The molecule has 2 aromatic rings. The molecule has 2 rings (SSSR count). The molecule has 9 heteroatoms. The van der Waals surface area contributed by atoms with Crippen LogP contribution in [-0.4, -0.2) is 28.4 Å². The van der Waals surface area contributed by atoms with Crippen LogP contribution in [0.4, 0.5) is 8.78 Å². The van der Waals surface area contributed by atoms with E-state index in [1.807, 2.05) is 18.7 Å². The van der Waals surface area contributed by atoms with Crippen LogP contribution in [0.15, 0.2) is 29.4 Å². The van der Waals surface area contributed by atoms with Gasteiger partial charge in [0.25, 0.3) is 0 Å². The Morgan fingerprint density at radius 2 is 2.05 bits per heavy atom. The molecule has 0 spiro atoms. The van der Waals surface area contributed by atoms with Crippen molar-refractivity contribution >= 4 is 24.2 Å². The SMILES string of the molecule is CNCc1nnc(SCc2ccccc2OC(F)F)n1C.Cl. The second-order valence-electron chi connectivity index (χ2n) is 4.26. The van der Waals surface area contributed by atoms with Crippen LogP contribution in [0.1, 0.15) is 11.4 Å². The van der Waals surface area contributed by atoms with Gasteiger partial charge in [-0.15, -0.1) is 22.6 Å². The Labute approximate surface area is 137 Å². The van der Waals surface area contributed by atoms with Crippen LogP contribution >= 0.6 is 24.2 Å². The molecule has 0 saturated carbocycles. The number of hydrogen-bond acceptors (Lipinski definition) is 5. The van der Waals surface area contributed by atoms with Crippen LogP contribution in [0.3, 0.4) is 0 Å². The number of thioether (sulfide) groups is 1. The van der Waals surface area contributed by atoms with Gasteiger partial charge in [-0.3, -0.25) is 0 Å². The van der Waals surface area contributed by atoms with E-state index in [2.05, 4.69) is 20.3 Å². The quantitative estimate of drug-likeness (QED) is 0.778. The summed E-state index contributed by atoms with van der Waals surface area (Å²) in [6.07, 6.45) is 0. The van der Waals surface area contributed by atoms with Gasteiger partial charge < -0.3 is 14.6 Å². The first-order valence-electron chi connectivity index (χ1n) is 6.30. The maximum Gasteiger partial charge on any atom is 0.387 e. The molecule has 5 nitrogen and oxygen atoms in total. The van der Waals surface area contributed by atoms with Crippen LogP contribution < -0.4 is 10.1 Å². The van der Waals surface area contributed by atoms with Crippen molar-refractivity contribution in [2.75, 3.05) is 7.05 Å². The van der Waals surface area contributed by atoms with Gasteiger partial charge in [0.05, 0.1) is 6.54 Å². The fourth-order valence-corrected chi connectivity index (χ4v) is 2.68. The molecular weight excluding hydrogens is 334 g/mol. The summed E-state index contributed by atoms with van der Waals surface area (Å²) in [4.78, 5) is 0. The number of halogens is 3. The molecule has 1 heterocycles. The summed E-state index contributed by atoms with van der Waals surface area (Å²) in [5.74, 6) is 1.49. The zero-order chi connectivity index (χ0) is 15.2. The summed E-state index contributed by atoms with van der Waals surface area (Å²) in [5.41, 5.74) is 0.695. The number of nitrogens with one attached hydrogen (secondary N) is 1. The second-order valence-corrected chi connectivity index (χ2v) is 5.21. The van der Waals surface area contributed by atoms with Gasteiger partial charge in [0.1, 0.15) is 11.6 Å². The van der Waals surface area contributed by atoms with E-state index in [4.69, 9.17) is 0 Å². The number of aromatic nitrogens is 3. The minimum Gasteiger partial charge on any atom is -0.435 e. The molecule has 0 fully saturated rings. The lowest BCUT2D eigenvalue weighted by atomic mass is 10.2. The van der Waals surface area contributed by atoms with Crippen molar-refractivity contribution in [3.63, 3.8) is 0 Å². The lowest BCUT2D eigenvalue weighted by Gasteiger charge is -2.10. The summed E-state index contributed by atoms with van der Waals surface area (Å²) in [6, 6.07) is 6.75. The van der Waals surface area contributed by atoms with Gasteiger partial charge in [-0.05, 0) is 13.1 Å². The summed E-state index contributed by atoms with van der Waals surface area (Å²) in [6.45, 7) is -2.21. The highest BCUT2D eigenvalue weighted by atomic mass is 35.5. The van der Waals surface area contributed by atoms with Gasteiger partial charge in [0, 0.05) is 18.4 Å². The Hall–Kier alpha value is -1.38. The molecule has 0 atom stereocenters. The van der Waals surface area contributed by atoms with E-state index in [1.54, 1.807) is 18.2 Å². The van der Waals surface area contributed by atoms with Crippen molar-refractivity contribution in [3.8, 4) is 5.75 Å². The van der Waals surface area contributed by atoms with Gasteiger partial charge in [0.15, 0.2) is 5.16 Å². The summed E-state index contributed by atoms with van der Waals surface area (Å²) < 4.78 is 31.1. The Kier molecular flexibility index (Phi) is 7.57. The van der Waals surface area contributed by atoms with Crippen LogP contribution in [0.2, 0.25) is 0 Å². The summed E-state index contributed by atoms with van der Waals surface area (Å²) >= 11 is 1.42. The minimum atomic E-state index is -2.83. The number of ether oxygens (including phenoxy) is 1. The highest BCUT2D eigenvalue weighted by Crippen LogP contribution is 2.27. The van der Waals surface area contributed by atoms with Crippen LogP contribution in [0.25, 0.3) is 0 Å². The fourth-order valence-electron chi connectivity index (χ4n) is 1.76. The van der Waals surface area contributed by atoms with Crippen molar-refractivity contribution in [1.29, 1.82) is 0 Å². The number of alkyl halides is 2. The standard InChI is InChI=1S/C13H16F2N4OS.ClH/c1-16-7-11-17-18-13(19(11)2)21-8-9-5-3-4-6-10(9)20-12(14)15;/h3-6,12,16H,7-8H2,1-2H3;1H. The molecule has 0 aliphatic carbocycles.